The zero-order chi connectivity index (χ0) is 22.1. The number of carbonyl (C=O) groups excluding carboxylic acids is 3. The number of esters is 1. The molecule has 30 heavy (non-hydrogen) atoms. The monoisotopic (exact) mass is 422 g/mol. The van der Waals surface area contributed by atoms with Crippen molar-refractivity contribution >= 4 is 18.0 Å². The minimum atomic E-state index is -0.623. The van der Waals surface area contributed by atoms with Crippen LogP contribution in [-0.2, 0) is 14.3 Å². The average molecular weight is 422 g/mol. The Hall–Kier alpha value is -2.97. The number of piperazine rings is 1. The maximum absolute atomic E-state index is 12.3. The molecule has 0 bridgehead atoms. The number of benzene rings is 1. The van der Waals surface area contributed by atoms with Gasteiger partial charge < -0.3 is 28.7 Å². The van der Waals surface area contributed by atoms with Crippen molar-refractivity contribution in [2.45, 2.75) is 20.8 Å². The zero-order valence-corrected chi connectivity index (χ0v) is 18.0. The van der Waals surface area contributed by atoms with Crippen LogP contribution in [0.4, 0.5) is 4.79 Å². The van der Waals surface area contributed by atoms with Crippen LogP contribution in [0.25, 0.3) is 0 Å². The largest absolute Gasteiger partial charge is 0.493 e. The fraction of sp³-hybridized carbons (Fsp3) is 0.571. The summed E-state index contributed by atoms with van der Waals surface area (Å²) in [5.74, 6) is 0.382. The summed E-state index contributed by atoms with van der Waals surface area (Å²) in [7, 11) is 1.49. The second-order valence-corrected chi connectivity index (χ2v) is 7.21. The van der Waals surface area contributed by atoms with E-state index in [0.717, 1.165) is 0 Å². The van der Waals surface area contributed by atoms with E-state index in [0.29, 0.717) is 56.8 Å². The van der Waals surface area contributed by atoms with Crippen molar-refractivity contribution in [1.82, 2.24) is 9.80 Å². The lowest BCUT2D eigenvalue weighted by Crippen LogP contribution is -2.51. The normalized spacial score (nSPS) is 13.8. The van der Waals surface area contributed by atoms with Gasteiger partial charge in [-0.1, -0.05) is 13.8 Å². The van der Waals surface area contributed by atoms with Gasteiger partial charge in [0.15, 0.2) is 18.1 Å². The number of hydrogen-bond acceptors (Lipinski definition) is 7. The Kier molecular flexibility index (Phi) is 8.76. The van der Waals surface area contributed by atoms with Gasteiger partial charge in [0.1, 0.15) is 0 Å². The standard InChI is InChI=1S/C21H30N2O7/c1-5-28-21(26)23-10-8-22(9-11-23)19(24)14-30-20(25)16-6-7-17(18(12-16)27-4)29-13-15(2)3/h6-7,12,15H,5,8-11,13-14H2,1-4H3. The molecule has 0 unspecified atom stereocenters. The number of carbonyl (C=O) groups is 3. The summed E-state index contributed by atoms with van der Waals surface area (Å²) in [5, 5.41) is 0. The zero-order valence-electron chi connectivity index (χ0n) is 18.0. The molecule has 0 saturated carbocycles. The maximum Gasteiger partial charge on any atom is 0.409 e. The first-order valence-corrected chi connectivity index (χ1v) is 10.0. The van der Waals surface area contributed by atoms with E-state index in [4.69, 9.17) is 18.9 Å². The second-order valence-electron chi connectivity index (χ2n) is 7.21. The summed E-state index contributed by atoms with van der Waals surface area (Å²) < 4.78 is 21.1. The van der Waals surface area contributed by atoms with E-state index < -0.39 is 5.97 Å². The van der Waals surface area contributed by atoms with Gasteiger partial charge in [0.25, 0.3) is 5.91 Å². The molecule has 1 aliphatic rings. The molecular weight excluding hydrogens is 392 g/mol. The molecule has 9 nitrogen and oxygen atoms in total. The minimum Gasteiger partial charge on any atom is -0.493 e. The first-order chi connectivity index (χ1) is 14.3. The molecule has 166 valence electrons. The lowest BCUT2D eigenvalue weighted by Gasteiger charge is -2.33. The quantitative estimate of drug-likeness (QED) is 0.593. The SMILES string of the molecule is CCOC(=O)N1CCN(C(=O)COC(=O)c2ccc(OCC(C)C)c(OC)c2)CC1. The van der Waals surface area contributed by atoms with E-state index in [1.54, 1.807) is 28.9 Å². The number of ether oxygens (including phenoxy) is 4. The van der Waals surface area contributed by atoms with E-state index in [2.05, 4.69) is 0 Å². The van der Waals surface area contributed by atoms with E-state index in [1.165, 1.54) is 13.2 Å². The fourth-order valence-corrected chi connectivity index (χ4v) is 2.83. The average Bonchev–Trinajstić information content (AvgIpc) is 2.75. The summed E-state index contributed by atoms with van der Waals surface area (Å²) in [6.45, 7) is 7.77. The van der Waals surface area contributed by atoms with Gasteiger partial charge in [-0.15, -0.1) is 0 Å². The van der Waals surface area contributed by atoms with E-state index in [-0.39, 0.29) is 24.2 Å². The Bertz CT molecular complexity index is 743. The van der Waals surface area contributed by atoms with Gasteiger partial charge in [-0.3, -0.25) is 4.79 Å². The van der Waals surface area contributed by atoms with Crippen molar-refractivity contribution in [2.24, 2.45) is 5.92 Å². The van der Waals surface area contributed by atoms with Crippen molar-refractivity contribution in [3.8, 4) is 11.5 Å². The van der Waals surface area contributed by atoms with Gasteiger partial charge in [0.05, 0.1) is 25.9 Å². The number of hydrogen-bond donors (Lipinski definition) is 0. The number of methoxy groups -OCH3 is 1. The molecule has 1 saturated heterocycles. The van der Waals surface area contributed by atoms with Crippen LogP contribution in [0.2, 0.25) is 0 Å². The third-order valence-corrected chi connectivity index (χ3v) is 4.46. The molecule has 0 atom stereocenters. The predicted molar refractivity (Wildman–Crippen MR) is 109 cm³/mol. The maximum atomic E-state index is 12.3. The summed E-state index contributed by atoms with van der Waals surface area (Å²) in [6.07, 6.45) is -0.384. The Morgan fingerprint density at radius 3 is 2.27 bits per heavy atom. The van der Waals surface area contributed by atoms with Gasteiger partial charge in [0.2, 0.25) is 0 Å². The van der Waals surface area contributed by atoms with Crippen LogP contribution in [0.5, 0.6) is 11.5 Å². The first-order valence-electron chi connectivity index (χ1n) is 10.0. The third kappa shape index (κ3) is 6.53. The predicted octanol–water partition coefficient (Wildman–Crippen LogP) is 2.19. The molecule has 0 aromatic heterocycles. The van der Waals surface area contributed by atoms with Gasteiger partial charge in [0, 0.05) is 26.2 Å². The van der Waals surface area contributed by atoms with Gasteiger partial charge in [-0.2, -0.15) is 0 Å². The van der Waals surface area contributed by atoms with Crippen LogP contribution in [0.15, 0.2) is 18.2 Å². The highest BCUT2D eigenvalue weighted by atomic mass is 16.6. The highest BCUT2D eigenvalue weighted by Crippen LogP contribution is 2.28. The van der Waals surface area contributed by atoms with Crippen LogP contribution in [0.3, 0.4) is 0 Å². The number of amides is 2. The van der Waals surface area contributed by atoms with Crippen LogP contribution in [0, 0.1) is 5.92 Å². The lowest BCUT2D eigenvalue weighted by molar-refractivity contribution is -0.136. The molecule has 2 amide bonds. The second kappa shape index (κ2) is 11.3. The summed E-state index contributed by atoms with van der Waals surface area (Å²) in [4.78, 5) is 39.5. The Morgan fingerprint density at radius 1 is 1.00 bits per heavy atom. The summed E-state index contributed by atoms with van der Waals surface area (Å²) >= 11 is 0. The van der Waals surface area contributed by atoms with E-state index >= 15 is 0 Å². The van der Waals surface area contributed by atoms with Crippen molar-refractivity contribution in [1.29, 1.82) is 0 Å². The Balaban J connectivity index is 1.85. The van der Waals surface area contributed by atoms with Crippen LogP contribution < -0.4 is 9.47 Å². The summed E-state index contributed by atoms with van der Waals surface area (Å²) in [5.41, 5.74) is 0.267. The molecule has 1 fully saturated rings. The number of rotatable bonds is 8. The fourth-order valence-electron chi connectivity index (χ4n) is 2.83. The lowest BCUT2D eigenvalue weighted by atomic mass is 10.2. The van der Waals surface area contributed by atoms with Gasteiger partial charge in [-0.25, -0.2) is 9.59 Å². The van der Waals surface area contributed by atoms with Crippen LogP contribution >= 0.6 is 0 Å². The third-order valence-electron chi connectivity index (χ3n) is 4.46. The molecule has 1 aromatic carbocycles. The van der Waals surface area contributed by atoms with Crippen molar-refractivity contribution < 1.29 is 33.3 Å². The van der Waals surface area contributed by atoms with E-state index in [1.807, 2.05) is 13.8 Å². The molecule has 0 spiro atoms. The van der Waals surface area contributed by atoms with E-state index in [9.17, 15) is 14.4 Å². The highest BCUT2D eigenvalue weighted by Gasteiger charge is 2.25. The highest BCUT2D eigenvalue weighted by molar-refractivity contribution is 5.92. The molecule has 1 heterocycles. The molecule has 0 aliphatic carbocycles. The molecule has 2 rings (SSSR count). The summed E-state index contributed by atoms with van der Waals surface area (Å²) in [6, 6.07) is 4.75. The molecule has 0 radical (unpaired) electrons. The molecule has 0 N–H and O–H groups in total. The number of nitrogens with zero attached hydrogens (tertiary/aromatic N) is 2. The Morgan fingerprint density at radius 2 is 1.67 bits per heavy atom. The molecule has 9 heteroatoms. The molecular formula is C21H30N2O7. The smallest absolute Gasteiger partial charge is 0.409 e. The van der Waals surface area contributed by atoms with Gasteiger partial charge in [-0.05, 0) is 31.0 Å². The van der Waals surface area contributed by atoms with Crippen LogP contribution in [0.1, 0.15) is 31.1 Å². The molecule has 1 aromatic rings. The van der Waals surface area contributed by atoms with Crippen LogP contribution in [-0.4, -0.2) is 80.9 Å². The first kappa shape index (κ1) is 23.3. The minimum absolute atomic E-state index is 0.267. The topological polar surface area (TPSA) is 94.6 Å². The van der Waals surface area contributed by atoms with Crippen molar-refractivity contribution in [3.05, 3.63) is 23.8 Å². The van der Waals surface area contributed by atoms with Crippen molar-refractivity contribution in [3.63, 3.8) is 0 Å². The molecule has 1 aliphatic heterocycles. The van der Waals surface area contributed by atoms with Gasteiger partial charge >= 0.3 is 12.1 Å². The van der Waals surface area contributed by atoms with Crippen molar-refractivity contribution in [2.75, 3.05) is 53.1 Å². The Labute approximate surface area is 176 Å².